The standard InChI is InChI=1S/C11H9NO4/c1-7(13)16-6-12-10(14)8-4-2-3-5-9(8)11(12)15/h2-5H,6H2,1H3. The van der Waals surface area contributed by atoms with Gasteiger partial charge in [-0.25, -0.2) is 4.90 Å². The fraction of sp³-hybridized carbons (Fsp3) is 0.182. The van der Waals surface area contributed by atoms with Crippen molar-refractivity contribution in [2.75, 3.05) is 6.73 Å². The Kier molecular flexibility index (Phi) is 2.44. The largest absolute Gasteiger partial charge is 0.444 e. The summed E-state index contributed by atoms with van der Waals surface area (Å²) in [4.78, 5) is 35.0. The third kappa shape index (κ3) is 1.56. The van der Waals surface area contributed by atoms with Gasteiger partial charge in [0.25, 0.3) is 11.8 Å². The van der Waals surface area contributed by atoms with E-state index in [-0.39, 0.29) is 6.73 Å². The van der Waals surface area contributed by atoms with Gasteiger partial charge in [-0.05, 0) is 12.1 Å². The molecule has 2 amide bonds. The molecule has 82 valence electrons. The van der Waals surface area contributed by atoms with Gasteiger partial charge in [-0.15, -0.1) is 0 Å². The van der Waals surface area contributed by atoms with Crippen LogP contribution in [-0.4, -0.2) is 29.4 Å². The quantitative estimate of drug-likeness (QED) is 0.545. The highest BCUT2D eigenvalue weighted by atomic mass is 16.5. The Morgan fingerprint density at radius 3 is 2.12 bits per heavy atom. The van der Waals surface area contributed by atoms with E-state index >= 15 is 0 Å². The molecular formula is C11H9NO4. The number of fused-ring (bicyclic) bond motifs is 1. The van der Waals surface area contributed by atoms with Crippen molar-refractivity contribution in [3.63, 3.8) is 0 Å². The molecular weight excluding hydrogens is 210 g/mol. The number of esters is 1. The van der Waals surface area contributed by atoms with E-state index in [9.17, 15) is 14.4 Å². The summed E-state index contributed by atoms with van der Waals surface area (Å²) >= 11 is 0. The highest BCUT2D eigenvalue weighted by molar-refractivity contribution is 6.21. The zero-order chi connectivity index (χ0) is 11.7. The highest BCUT2D eigenvalue weighted by Crippen LogP contribution is 2.21. The normalized spacial score (nSPS) is 13.9. The monoisotopic (exact) mass is 219 g/mol. The predicted octanol–water partition coefficient (Wildman–Crippen LogP) is 0.803. The predicted molar refractivity (Wildman–Crippen MR) is 53.6 cm³/mol. The van der Waals surface area contributed by atoms with Crippen LogP contribution in [-0.2, 0) is 9.53 Å². The van der Waals surface area contributed by atoms with E-state index in [2.05, 4.69) is 4.74 Å². The van der Waals surface area contributed by atoms with E-state index in [0.717, 1.165) is 4.90 Å². The minimum atomic E-state index is -0.531. The Hall–Kier alpha value is -2.17. The fourth-order valence-electron chi connectivity index (χ4n) is 1.51. The van der Waals surface area contributed by atoms with E-state index in [0.29, 0.717) is 11.1 Å². The lowest BCUT2D eigenvalue weighted by atomic mass is 10.1. The molecule has 1 heterocycles. The van der Waals surface area contributed by atoms with Gasteiger partial charge >= 0.3 is 5.97 Å². The van der Waals surface area contributed by atoms with Crippen LogP contribution in [0, 0.1) is 0 Å². The van der Waals surface area contributed by atoms with Gasteiger partial charge in [0, 0.05) is 6.92 Å². The minimum Gasteiger partial charge on any atom is -0.444 e. The first kappa shape index (κ1) is 10.4. The van der Waals surface area contributed by atoms with Crippen molar-refractivity contribution in [3.8, 4) is 0 Å². The molecule has 0 bridgehead atoms. The van der Waals surface area contributed by atoms with Crippen LogP contribution in [0.2, 0.25) is 0 Å². The fourth-order valence-corrected chi connectivity index (χ4v) is 1.51. The van der Waals surface area contributed by atoms with E-state index < -0.39 is 17.8 Å². The van der Waals surface area contributed by atoms with Crippen molar-refractivity contribution in [2.24, 2.45) is 0 Å². The van der Waals surface area contributed by atoms with E-state index in [1.165, 1.54) is 6.92 Å². The van der Waals surface area contributed by atoms with E-state index in [1.807, 2.05) is 0 Å². The Labute approximate surface area is 91.6 Å². The molecule has 0 N–H and O–H groups in total. The molecule has 0 aromatic heterocycles. The van der Waals surface area contributed by atoms with Crippen LogP contribution in [0.25, 0.3) is 0 Å². The number of ether oxygens (including phenoxy) is 1. The SMILES string of the molecule is CC(=O)OCN1C(=O)c2ccccc2C1=O. The number of hydrogen-bond acceptors (Lipinski definition) is 4. The summed E-state index contributed by atoms with van der Waals surface area (Å²) < 4.78 is 4.64. The molecule has 1 aromatic carbocycles. The van der Waals surface area contributed by atoms with E-state index in [1.54, 1.807) is 24.3 Å². The van der Waals surface area contributed by atoms with Gasteiger partial charge in [0.15, 0.2) is 6.73 Å². The number of benzene rings is 1. The third-order valence-corrected chi connectivity index (χ3v) is 2.28. The summed E-state index contributed by atoms with van der Waals surface area (Å²) in [5.74, 6) is -1.39. The van der Waals surface area contributed by atoms with Crippen molar-refractivity contribution in [3.05, 3.63) is 35.4 Å². The van der Waals surface area contributed by atoms with Crippen molar-refractivity contribution < 1.29 is 19.1 Å². The van der Waals surface area contributed by atoms with Gasteiger partial charge in [-0.1, -0.05) is 12.1 Å². The molecule has 1 aromatic rings. The molecule has 0 aliphatic carbocycles. The maximum Gasteiger partial charge on any atom is 0.304 e. The summed E-state index contributed by atoms with van der Waals surface area (Å²) in [5, 5.41) is 0. The molecule has 0 fully saturated rings. The average Bonchev–Trinajstić information content (AvgIpc) is 2.50. The van der Waals surface area contributed by atoms with Crippen LogP contribution < -0.4 is 0 Å². The lowest BCUT2D eigenvalue weighted by molar-refractivity contribution is -0.143. The molecule has 0 saturated carbocycles. The van der Waals surface area contributed by atoms with Crippen LogP contribution in [0.15, 0.2) is 24.3 Å². The van der Waals surface area contributed by atoms with Crippen molar-refractivity contribution in [2.45, 2.75) is 6.92 Å². The number of carbonyl (C=O) groups is 3. The molecule has 1 aliphatic rings. The first-order valence-electron chi connectivity index (χ1n) is 4.70. The second-order valence-electron chi connectivity index (χ2n) is 3.35. The number of carbonyl (C=O) groups excluding carboxylic acids is 3. The number of amides is 2. The highest BCUT2D eigenvalue weighted by Gasteiger charge is 2.35. The van der Waals surface area contributed by atoms with Crippen LogP contribution in [0.1, 0.15) is 27.6 Å². The molecule has 5 heteroatoms. The molecule has 0 unspecified atom stereocenters. The number of hydrogen-bond donors (Lipinski definition) is 0. The van der Waals surface area contributed by atoms with Crippen molar-refractivity contribution >= 4 is 17.8 Å². The molecule has 16 heavy (non-hydrogen) atoms. The van der Waals surface area contributed by atoms with Crippen LogP contribution in [0.3, 0.4) is 0 Å². The van der Waals surface area contributed by atoms with Crippen molar-refractivity contribution in [1.82, 2.24) is 4.90 Å². The topological polar surface area (TPSA) is 63.7 Å². The third-order valence-electron chi connectivity index (χ3n) is 2.28. The van der Waals surface area contributed by atoms with Gasteiger partial charge in [0.1, 0.15) is 0 Å². The second kappa shape index (κ2) is 3.77. The van der Waals surface area contributed by atoms with Crippen LogP contribution >= 0.6 is 0 Å². The zero-order valence-corrected chi connectivity index (χ0v) is 8.60. The molecule has 0 atom stereocenters. The Bertz CT molecular complexity index is 446. The van der Waals surface area contributed by atoms with Gasteiger partial charge < -0.3 is 4.74 Å². The first-order valence-corrected chi connectivity index (χ1v) is 4.70. The molecule has 2 rings (SSSR count). The second-order valence-corrected chi connectivity index (χ2v) is 3.35. The van der Waals surface area contributed by atoms with Crippen LogP contribution in [0.4, 0.5) is 0 Å². The van der Waals surface area contributed by atoms with Crippen molar-refractivity contribution in [1.29, 1.82) is 0 Å². The lowest BCUT2D eigenvalue weighted by Gasteiger charge is -2.12. The summed E-state index contributed by atoms with van der Waals surface area (Å²) in [5.41, 5.74) is 0.694. The summed E-state index contributed by atoms with van der Waals surface area (Å²) in [6.07, 6.45) is 0. The van der Waals surface area contributed by atoms with Crippen LogP contribution in [0.5, 0.6) is 0 Å². The summed E-state index contributed by atoms with van der Waals surface area (Å²) in [6, 6.07) is 6.51. The smallest absolute Gasteiger partial charge is 0.304 e. The van der Waals surface area contributed by atoms with Gasteiger partial charge in [0.05, 0.1) is 11.1 Å². The van der Waals surface area contributed by atoms with Gasteiger partial charge in [0.2, 0.25) is 0 Å². The molecule has 5 nitrogen and oxygen atoms in total. The molecule has 0 radical (unpaired) electrons. The van der Waals surface area contributed by atoms with Gasteiger partial charge in [-0.2, -0.15) is 0 Å². The summed E-state index contributed by atoms with van der Waals surface area (Å²) in [6.45, 7) is 0.889. The van der Waals surface area contributed by atoms with E-state index in [4.69, 9.17) is 0 Å². The number of rotatable bonds is 2. The molecule has 0 saturated heterocycles. The Balaban J connectivity index is 2.25. The zero-order valence-electron chi connectivity index (χ0n) is 8.60. The number of nitrogens with zero attached hydrogens (tertiary/aromatic N) is 1. The average molecular weight is 219 g/mol. The lowest BCUT2D eigenvalue weighted by Crippen LogP contribution is -2.32. The Morgan fingerprint density at radius 1 is 1.19 bits per heavy atom. The maximum atomic E-state index is 11.7. The number of imide groups is 1. The first-order chi connectivity index (χ1) is 7.61. The maximum absolute atomic E-state index is 11.7. The summed E-state index contributed by atoms with van der Waals surface area (Å²) in [7, 11) is 0. The van der Waals surface area contributed by atoms with Gasteiger partial charge in [-0.3, -0.25) is 14.4 Å². The molecule has 1 aliphatic heterocycles. The molecule has 0 spiro atoms. The minimum absolute atomic E-state index is 0.332. The Morgan fingerprint density at radius 2 is 1.69 bits per heavy atom.